The fraction of sp³-hybridized carbons (Fsp3) is 0.133. The van der Waals surface area contributed by atoms with Crippen LogP contribution in [-0.4, -0.2) is 17.1 Å². The second-order valence-electron chi connectivity index (χ2n) is 4.47. The molecule has 0 fully saturated rings. The SMILES string of the molecule is NC1=C(c2cccc(Br)c2)C(=O)C(C2C=CC=CS2)O1. The van der Waals surface area contributed by atoms with Gasteiger partial charge < -0.3 is 10.5 Å². The summed E-state index contributed by atoms with van der Waals surface area (Å²) in [4.78, 5) is 12.6. The summed E-state index contributed by atoms with van der Waals surface area (Å²) in [5, 5.41) is 1.92. The Morgan fingerprint density at radius 1 is 1.30 bits per heavy atom. The Bertz CT molecular complexity index is 651. The number of hydrogen-bond donors (Lipinski definition) is 1. The van der Waals surface area contributed by atoms with Gasteiger partial charge in [0.2, 0.25) is 5.78 Å². The number of ketones is 1. The third-order valence-electron chi connectivity index (χ3n) is 3.14. The molecule has 2 aliphatic rings. The van der Waals surface area contributed by atoms with E-state index in [1.807, 2.05) is 47.9 Å². The zero-order valence-corrected chi connectivity index (χ0v) is 12.9. The van der Waals surface area contributed by atoms with Gasteiger partial charge in [-0.1, -0.05) is 46.3 Å². The monoisotopic (exact) mass is 349 g/mol. The van der Waals surface area contributed by atoms with Crippen LogP contribution >= 0.6 is 27.7 Å². The number of carbonyl (C=O) groups excluding carboxylic acids is 1. The Hall–Kier alpha value is -1.46. The summed E-state index contributed by atoms with van der Waals surface area (Å²) in [6.07, 6.45) is 5.28. The van der Waals surface area contributed by atoms with Crippen molar-refractivity contribution in [2.45, 2.75) is 11.4 Å². The molecule has 2 N–H and O–H groups in total. The molecule has 0 bridgehead atoms. The molecular formula is C15H12BrNO2S. The van der Waals surface area contributed by atoms with E-state index in [1.54, 1.807) is 11.8 Å². The quantitative estimate of drug-likeness (QED) is 0.890. The molecule has 102 valence electrons. The number of rotatable bonds is 2. The van der Waals surface area contributed by atoms with Crippen LogP contribution in [0.1, 0.15) is 5.56 Å². The van der Waals surface area contributed by atoms with Gasteiger partial charge in [0.1, 0.15) is 0 Å². The maximum absolute atomic E-state index is 12.6. The van der Waals surface area contributed by atoms with Crippen LogP contribution < -0.4 is 5.73 Å². The highest BCUT2D eigenvalue weighted by molar-refractivity contribution is 9.10. The number of halogens is 1. The van der Waals surface area contributed by atoms with Crippen molar-refractivity contribution >= 4 is 39.0 Å². The van der Waals surface area contributed by atoms with Gasteiger partial charge in [0, 0.05) is 4.47 Å². The van der Waals surface area contributed by atoms with Crippen LogP contribution in [0.15, 0.2) is 58.3 Å². The zero-order valence-electron chi connectivity index (χ0n) is 10.5. The number of thioether (sulfide) groups is 1. The summed E-state index contributed by atoms with van der Waals surface area (Å²) >= 11 is 4.96. The molecule has 0 aromatic heterocycles. The summed E-state index contributed by atoms with van der Waals surface area (Å²) in [5.74, 6) is 0.153. The van der Waals surface area contributed by atoms with E-state index in [2.05, 4.69) is 15.9 Å². The van der Waals surface area contributed by atoms with Gasteiger partial charge in [-0.3, -0.25) is 4.79 Å². The van der Waals surface area contributed by atoms with Crippen molar-refractivity contribution in [2.24, 2.45) is 5.73 Å². The molecule has 2 aliphatic heterocycles. The highest BCUT2D eigenvalue weighted by Crippen LogP contribution is 2.35. The van der Waals surface area contributed by atoms with Crippen LogP contribution in [0.5, 0.6) is 0 Å². The van der Waals surface area contributed by atoms with Crippen molar-refractivity contribution in [3.8, 4) is 0 Å². The van der Waals surface area contributed by atoms with Crippen LogP contribution in [0.2, 0.25) is 0 Å². The minimum Gasteiger partial charge on any atom is -0.466 e. The molecule has 0 radical (unpaired) electrons. The number of Topliss-reactive ketones (excluding diaryl/α,β-unsaturated/α-hetero) is 1. The molecule has 0 saturated heterocycles. The Morgan fingerprint density at radius 3 is 2.85 bits per heavy atom. The largest absolute Gasteiger partial charge is 0.466 e. The number of ether oxygens (including phenoxy) is 1. The van der Waals surface area contributed by atoms with Crippen LogP contribution in [0.4, 0.5) is 0 Å². The fourth-order valence-electron chi connectivity index (χ4n) is 2.23. The molecule has 3 rings (SSSR count). The van der Waals surface area contributed by atoms with E-state index in [0.717, 1.165) is 10.0 Å². The van der Waals surface area contributed by atoms with Crippen molar-refractivity contribution in [2.75, 3.05) is 0 Å². The maximum atomic E-state index is 12.6. The van der Waals surface area contributed by atoms with Crippen LogP contribution in [-0.2, 0) is 9.53 Å². The number of nitrogens with two attached hydrogens (primary N) is 1. The molecule has 0 aliphatic carbocycles. The Morgan fingerprint density at radius 2 is 2.15 bits per heavy atom. The van der Waals surface area contributed by atoms with Crippen molar-refractivity contribution in [3.05, 3.63) is 63.8 Å². The molecule has 0 saturated carbocycles. The van der Waals surface area contributed by atoms with Gasteiger partial charge in [0.15, 0.2) is 12.0 Å². The molecule has 2 atom stereocenters. The second-order valence-corrected chi connectivity index (χ2v) is 6.47. The standard InChI is InChI=1S/C15H12BrNO2S/c16-10-5-3-4-9(8-10)12-13(18)14(19-15(12)17)11-6-1-2-7-20-11/h1-8,11,14H,17H2. The molecule has 2 heterocycles. The van der Waals surface area contributed by atoms with E-state index in [0.29, 0.717) is 5.57 Å². The van der Waals surface area contributed by atoms with Crippen molar-refractivity contribution < 1.29 is 9.53 Å². The van der Waals surface area contributed by atoms with E-state index in [1.165, 1.54) is 0 Å². The topological polar surface area (TPSA) is 52.3 Å². The van der Waals surface area contributed by atoms with Crippen molar-refractivity contribution in [1.82, 2.24) is 0 Å². The smallest absolute Gasteiger partial charge is 0.210 e. The van der Waals surface area contributed by atoms with Gasteiger partial charge in [-0.05, 0) is 23.1 Å². The summed E-state index contributed by atoms with van der Waals surface area (Å²) in [6.45, 7) is 0. The zero-order chi connectivity index (χ0) is 14.1. The lowest BCUT2D eigenvalue weighted by Crippen LogP contribution is -2.29. The minimum absolute atomic E-state index is 0.0318. The lowest BCUT2D eigenvalue weighted by molar-refractivity contribution is -0.119. The first-order chi connectivity index (χ1) is 9.66. The lowest BCUT2D eigenvalue weighted by Gasteiger charge is -2.18. The van der Waals surface area contributed by atoms with Gasteiger partial charge in [-0.15, -0.1) is 11.8 Å². The van der Waals surface area contributed by atoms with E-state index < -0.39 is 6.10 Å². The molecule has 0 amide bonds. The van der Waals surface area contributed by atoms with Crippen molar-refractivity contribution in [1.29, 1.82) is 0 Å². The Kier molecular flexibility index (Phi) is 3.72. The average Bonchev–Trinajstić information content (AvgIpc) is 2.75. The molecule has 0 spiro atoms. The predicted molar refractivity (Wildman–Crippen MR) is 84.8 cm³/mol. The maximum Gasteiger partial charge on any atom is 0.210 e. The van der Waals surface area contributed by atoms with Gasteiger partial charge in [-0.2, -0.15) is 0 Å². The van der Waals surface area contributed by atoms with E-state index in [-0.39, 0.29) is 16.9 Å². The summed E-state index contributed by atoms with van der Waals surface area (Å²) < 4.78 is 6.51. The fourth-order valence-corrected chi connectivity index (χ4v) is 3.50. The van der Waals surface area contributed by atoms with Gasteiger partial charge in [0.25, 0.3) is 0 Å². The first-order valence-electron chi connectivity index (χ1n) is 6.12. The Labute approximate surface area is 129 Å². The molecule has 1 aromatic carbocycles. The summed E-state index contributed by atoms with van der Waals surface area (Å²) in [7, 11) is 0. The number of carbonyl (C=O) groups is 1. The van der Waals surface area contributed by atoms with E-state index >= 15 is 0 Å². The van der Waals surface area contributed by atoms with Crippen molar-refractivity contribution in [3.63, 3.8) is 0 Å². The summed E-state index contributed by atoms with van der Waals surface area (Å²) in [5.41, 5.74) is 7.17. The number of benzene rings is 1. The first-order valence-corrected chi connectivity index (χ1v) is 7.86. The highest BCUT2D eigenvalue weighted by Gasteiger charge is 2.39. The van der Waals surface area contributed by atoms with E-state index in [9.17, 15) is 4.79 Å². The minimum atomic E-state index is -0.546. The van der Waals surface area contributed by atoms with Crippen LogP contribution in [0.3, 0.4) is 0 Å². The number of hydrogen-bond acceptors (Lipinski definition) is 4. The number of allylic oxidation sites excluding steroid dienone is 2. The average molecular weight is 350 g/mol. The molecule has 2 unspecified atom stereocenters. The molecule has 1 aromatic rings. The lowest BCUT2D eigenvalue weighted by atomic mass is 9.99. The van der Waals surface area contributed by atoms with Gasteiger partial charge >= 0.3 is 0 Å². The molecule has 5 heteroatoms. The normalized spacial score (nSPS) is 25.1. The van der Waals surface area contributed by atoms with Crippen LogP contribution in [0.25, 0.3) is 5.57 Å². The highest BCUT2D eigenvalue weighted by atomic mass is 79.9. The third-order valence-corrected chi connectivity index (χ3v) is 4.67. The summed E-state index contributed by atoms with van der Waals surface area (Å²) in [6, 6.07) is 7.51. The molecule has 3 nitrogen and oxygen atoms in total. The molecule has 20 heavy (non-hydrogen) atoms. The Balaban J connectivity index is 1.89. The van der Waals surface area contributed by atoms with Crippen LogP contribution in [0, 0.1) is 0 Å². The second kappa shape index (κ2) is 5.50. The van der Waals surface area contributed by atoms with Gasteiger partial charge in [0.05, 0.1) is 10.8 Å². The third kappa shape index (κ3) is 2.43. The predicted octanol–water partition coefficient (Wildman–Crippen LogP) is 3.23. The van der Waals surface area contributed by atoms with E-state index in [4.69, 9.17) is 10.5 Å². The molecular weight excluding hydrogens is 338 g/mol. The van der Waals surface area contributed by atoms with Gasteiger partial charge in [-0.25, -0.2) is 0 Å². The first kappa shape index (κ1) is 13.5.